The van der Waals surface area contributed by atoms with Crippen LogP contribution < -0.4 is 20.4 Å². The summed E-state index contributed by atoms with van der Waals surface area (Å²) in [5.74, 6) is -1.40. The molecule has 0 radical (unpaired) electrons. The lowest BCUT2D eigenvalue weighted by atomic mass is 9.89. The minimum atomic E-state index is -0.633. The summed E-state index contributed by atoms with van der Waals surface area (Å²) in [6.07, 6.45) is 12.8. The van der Waals surface area contributed by atoms with Gasteiger partial charge in [0.1, 0.15) is 11.4 Å². The molecule has 5 saturated heterocycles. The fraction of sp³-hybridized carbons (Fsp3) is 0.511. The highest BCUT2D eigenvalue weighted by atomic mass is 19.1. The van der Waals surface area contributed by atoms with E-state index in [-0.39, 0.29) is 30.2 Å². The lowest BCUT2D eigenvalue weighted by Gasteiger charge is -2.43. The van der Waals surface area contributed by atoms with Crippen LogP contribution in [-0.2, 0) is 16.1 Å². The number of carbonyl (C=O) groups excluding carboxylic acids is 4. The molecule has 60 heavy (non-hydrogen) atoms. The van der Waals surface area contributed by atoms with Gasteiger partial charge in [-0.3, -0.25) is 24.5 Å². The molecule has 0 aliphatic carbocycles. The Kier molecular flexibility index (Phi) is 10.5. The minimum Gasteiger partial charge on any atom is -0.371 e. The van der Waals surface area contributed by atoms with Crippen LogP contribution in [0, 0.1) is 11.7 Å². The monoisotopic (exact) mass is 816 g/mol. The molecular weight excluding hydrogens is 764 g/mol. The number of nitrogens with one attached hydrogen (secondary N) is 2. The molecule has 314 valence electrons. The highest BCUT2D eigenvalue weighted by Crippen LogP contribution is 2.39. The molecule has 2 aromatic heterocycles. The highest BCUT2D eigenvalue weighted by Gasteiger charge is 2.38. The van der Waals surface area contributed by atoms with Crippen LogP contribution in [0.25, 0.3) is 5.65 Å². The summed E-state index contributed by atoms with van der Waals surface area (Å²) in [4.78, 5) is 68.0. The van der Waals surface area contributed by atoms with Crippen molar-refractivity contribution in [3.63, 3.8) is 0 Å². The maximum absolute atomic E-state index is 15.2. The van der Waals surface area contributed by atoms with Crippen molar-refractivity contribution in [1.29, 1.82) is 0 Å². The summed E-state index contributed by atoms with van der Waals surface area (Å²) < 4.78 is 16.8. The first-order valence-corrected chi connectivity index (χ1v) is 21.9. The van der Waals surface area contributed by atoms with Crippen molar-refractivity contribution in [2.24, 2.45) is 5.92 Å². The van der Waals surface area contributed by atoms with Gasteiger partial charge in [-0.15, -0.1) is 0 Å². The SMILES string of the molecule is O=C1CCC(c2ccc(N3CCC(CN4CCC(N5Cc6cc(NC(=O)c7cnn8cccnc78)c(N7CCC(N8CCC8)CC7)cc6C5=O)CC4)CC3)cc2F)C(=O)N1. The van der Waals surface area contributed by atoms with Gasteiger partial charge in [0.25, 0.3) is 11.8 Å². The summed E-state index contributed by atoms with van der Waals surface area (Å²) in [6, 6.07) is 11.7. The summed E-state index contributed by atoms with van der Waals surface area (Å²) in [6.45, 7) is 9.20. The summed E-state index contributed by atoms with van der Waals surface area (Å²) in [5, 5.41) is 9.87. The van der Waals surface area contributed by atoms with Crippen LogP contribution in [0.4, 0.5) is 21.5 Å². The Morgan fingerprint density at radius 2 is 1.63 bits per heavy atom. The third-order valence-corrected chi connectivity index (χ3v) is 14.1. The van der Waals surface area contributed by atoms with Gasteiger partial charge in [-0.2, -0.15) is 5.10 Å². The molecule has 2 aromatic carbocycles. The van der Waals surface area contributed by atoms with Gasteiger partial charge >= 0.3 is 0 Å². The first kappa shape index (κ1) is 38.8. The molecule has 10 rings (SSSR count). The number of anilines is 3. The van der Waals surface area contributed by atoms with Crippen LogP contribution >= 0.6 is 0 Å². The van der Waals surface area contributed by atoms with Crippen molar-refractivity contribution in [3.8, 4) is 0 Å². The molecule has 4 aromatic rings. The van der Waals surface area contributed by atoms with Gasteiger partial charge in [0.15, 0.2) is 5.65 Å². The Bertz CT molecular complexity index is 2310. The molecule has 0 saturated carbocycles. The average Bonchev–Trinajstić information content (AvgIpc) is 3.82. The molecule has 2 N–H and O–H groups in total. The van der Waals surface area contributed by atoms with E-state index in [2.05, 4.69) is 45.2 Å². The Hall–Kier alpha value is -5.41. The second-order valence-corrected chi connectivity index (χ2v) is 17.6. The van der Waals surface area contributed by atoms with E-state index in [0.717, 1.165) is 113 Å². The molecule has 1 unspecified atom stereocenters. The Labute approximate surface area is 349 Å². The Morgan fingerprint density at radius 1 is 0.867 bits per heavy atom. The Morgan fingerprint density at radius 3 is 2.37 bits per heavy atom. The molecule has 6 aliphatic rings. The highest BCUT2D eigenvalue weighted by molar-refractivity contribution is 6.10. The molecule has 15 heteroatoms. The number of nitrogens with zero attached hydrogens (tertiary/aromatic N) is 8. The fourth-order valence-corrected chi connectivity index (χ4v) is 10.5. The number of benzene rings is 2. The predicted octanol–water partition coefficient (Wildman–Crippen LogP) is 4.65. The van der Waals surface area contributed by atoms with Crippen molar-refractivity contribution in [2.45, 2.75) is 82.3 Å². The standard InChI is InChI=1S/C45H53FN10O4/c46-38-24-33(3-4-34(38)35-5-6-41(57)50-43(35)58)53-19-7-29(8-20-53)27-51-17-9-32(10-18-51)55-28-30-23-39(49-44(59)37-26-48-56-16-1-13-47-42(37)56)40(25-36(30)45(55)60)54-21-11-31(12-22-54)52-14-2-15-52/h1,3-4,13,16,23-26,29,31-32,35H,2,5-12,14-15,17-22,27-28H2,(H,49,59)(H,50,57,58). The number of aromatic nitrogens is 3. The minimum absolute atomic E-state index is 0.0822. The normalized spacial score (nSPS) is 22.6. The van der Waals surface area contributed by atoms with E-state index in [1.165, 1.54) is 25.6 Å². The second-order valence-electron chi connectivity index (χ2n) is 17.6. The number of fused-ring (bicyclic) bond motifs is 2. The Balaban J connectivity index is 0.761. The third-order valence-electron chi connectivity index (χ3n) is 14.1. The first-order chi connectivity index (χ1) is 29.3. The number of carbonyl (C=O) groups is 4. The van der Waals surface area contributed by atoms with E-state index in [0.29, 0.717) is 41.7 Å². The van der Waals surface area contributed by atoms with E-state index < -0.39 is 17.6 Å². The zero-order valence-electron chi connectivity index (χ0n) is 34.0. The van der Waals surface area contributed by atoms with Crippen molar-refractivity contribution in [1.82, 2.24) is 34.6 Å². The van der Waals surface area contributed by atoms with Crippen molar-refractivity contribution >= 4 is 46.3 Å². The molecule has 6 aliphatic heterocycles. The lowest BCUT2D eigenvalue weighted by molar-refractivity contribution is -0.134. The molecular formula is C45H53FN10O4. The second kappa shape index (κ2) is 16.2. The number of hydrogen-bond acceptors (Lipinski definition) is 10. The largest absolute Gasteiger partial charge is 0.371 e. The van der Waals surface area contributed by atoms with Gasteiger partial charge in [-0.1, -0.05) is 6.07 Å². The molecule has 0 bridgehead atoms. The fourth-order valence-electron chi connectivity index (χ4n) is 10.5. The van der Waals surface area contributed by atoms with Crippen molar-refractivity contribution in [3.05, 3.63) is 83.1 Å². The van der Waals surface area contributed by atoms with E-state index in [9.17, 15) is 19.2 Å². The molecule has 4 amide bonds. The number of piperidine rings is 4. The van der Waals surface area contributed by atoms with E-state index in [1.807, 2.05) is 18.2 Å². The smallest absolute Gasteiger partial charge is 0.261 e. The number of rotatable bonds is 9. The van der Waals surface area contributed by atoms with Crippen LogP contribution in [0.1, 0.15) is 95.5 Å². The van der Waals surface area contributed by atoms with Gasteiger partial charge in [0.05, 0.1) is 23.5 Å². The van der Waals surface area contributed by atoms with Crippen LogP contribution in [0.15, 0.2) is 55.0 Å². The number of halogens is 1. The van der Waals surface area contributed by atoms with E-state index in [4.69, 9.17) is 0 Å². The molecule has 14 nitrogen and oxygen atoms in total. The summed E-state index contributed by atoms with van der Waals surface area (Å²) in [5.41, 5.74) is 5.40. The molecule has 1 atom stereocenters. The van der Waals surface area contributed by atoms with Crippen LogP contribution in [0.5, 0.6) is 0 Å². The van der Waals surface area contributed by atoms with Crippen LogP contribution in [-0.4, -0.2) is 124 Å². The topological polar surface area (TPSA) is 139 Å². The molecule has 0 spiro atoms. The summed E-state index contributed by atoms with van der Waals surface area (Å²) in [7, 11) is 0. The first-order valence-electron chi connectivity index (χ1n) is 21.9. The van der Waals surface area contributed by atoms with Gasteiger partial charge in [-0.05, 0) is 106 Å². The number of imide groups is 1. The number of amides is 4. The summed E-state index contributed by atoms with van der Waals surface area (Å²) >= 11 is 0. The van der Waals surface area contributed by atoms with Gasteiger partial charge in [0, 0.05) is 100 Å². The zero-order valence-corrected chi connectivity index (χ0v) is 34.0. The number of likely N-dealkylation sites (tertiary alicyclic amines) is 2. The third kappa shape index (κ3) is 7.50. The molecule has 8 heterocycles. The maximum Gasteiger partial charge on any atom is 0.261 e. The van der Waals surface area contributed by atoms with Gasteiger partial charge in [-0.25, -0.2) is 13.9 Å². The van der Waals surface area contributed by atoms with E-state index >= 15 is 4.39 Å². The predicted molar refractivity (Wildman–Crippen MR) is 225 cm³/mol. The van der Waals surface area contributed by atoms with Gasteiger partial charge < -0.3 is 29.8 Å². The van der Waals surface area contributed by atoms with Crippen molar-refractivity contribution < 1.29 is 23.6 Å². The van der Waals surface area contributed by atoms with E-state index in [1.54, 1.807) is 35.2 Å². The van der Waals surface area contributed by atoms with Crippen LogP contribution in [0.3, 0.4) is 0 Å². The lowest BCUT2D eigenvalue weighted by Crippen LogP contribution is -2.50. The van der Waals surface area contributed by atoms with Crippen molar-refractivity contribution in [2.75, 3.05) is 74.0 Å². The maximum atomic E-state index is 15.2. The van der Waals surface area contributed by atoms with Crippen LogP contribution in [0.2, 0.25) is 0 Å². The zero-order chi connectivity index (χ0) is 40.9. The number of hydrogen-bond donors (Lipinski definition) is 2. The van der Waals surface area contributed by atoms with Gasteiger partial charge in [0.2, 0.25) is 11.8 Å². The molecule has 5 fully saturated rings. The average molecular weight is 817 g/mol. The quantitative estimate of drug-likeness (QED) is 0.230.